The Morgan fingerprint density at radius 3 is 2.88 bits per heavy atom. The summed E-state index contributed by atoms with van der Waals surface area (Å²) in [7, 11) is 0. The number of nitrogens with one attached hydrogen (secondary N) is 3. The van der Waals surface area contributed by atoms with Gasteiger partial charge in [0, 0.05) is 36.4 Å². The Kier molecular flexibility index (Phi) is 5.84. The molecule has 3 rings (SSSR count). The minimum Gasteiger partial charge on any atom is -0.361 e. The minimum absolute atomic E-state index is 0.160. The Hall–Kier alpha value is -2.89. The van der Waals surface area contributed by atoms with Crippen molar-refractivity contribution in [1.29, 1.82) is 0 Å². The summed E-state index contributed by atoms with van der Waals surface area (Å²) in [6.07, 6.45) is 5.44. The van der Waals surface area contributed by atoms with Gasteiger partial charge in [-0.05, 0) is 36.5 Å². The van der Waals surface area contributed by atoms with Crippen LogP contribution in [0, 0.1) is 5.92 Å². The Labute approximate surface area is 153 Å². The zero-order valence-electron chi connectivity index (χ0n) is 15.2. The third-order valence-corrected chi connectivity index (χ3v) is 4.25. The number of fused-ring (bicyclic) bond motifs is 1. The molecular weight excluding hydrogens is 326 g/mol. The van der Waals surface area contributed by atoms with E-state index in [1.807, 2.05) is 18.3 Å². The largest absolute Gasteiger partial charge is 0.361 e. The van der Waals surface area contributed by atoms with E-state index >= 15 is 0 Å². The number of H-pyrrole nitrogens is 1. The molecule has 0 radical (unpaired) electrons. The van der Waals surface area contributed by atoms with Gasteiger partial charge in [-0.3, -0.25) is 4.79 Å². The normalized spacial score (nSPS) is 11.0. The van der Waals surface area contributed by atoms with Crippen molar-refractivity contribution >= 4 is 22.8 Å². The number of amides is 1. The molecule has 0 unspecified atom stereocenters. The van der Waals surface area contributed by atoms with Crippen LogP contribution in [0.3, 0.4) is 0 Å². The number of para-hydroxylation sites is 1. The number of carbonyl (C=O) groups is 1. The Balaban J connectivity index is 1.54. The second-order valence-electron chi connectivity index (χ2n) is 6.74. The predicted octanol–water partition coefficient (Wildman–Crippen LogP) is 3.39. The van der Waals surface area contributed by atoms with Gasteiger partial charge in [-0.2, -0.15) is 0 Å². The molecule has 0 saturated carbocycles. The molecule has 136 valence electrons. The third kappa shape index (κ3) is 4.59. The van der Waals surface area contributed by atoms with Gasteiger partial charge in [0.1, 0.15) is 5.69 Å². The van der Waals surface area contributed by atoms with Crippen LogP contribution in [0.25, 0.3) is 10.9 Å². The first kappa shape index (κ1) is 17.9. The smallest absolute Gasteiger partial charge is 0.270 e. The second-order valence-corrected chi connectivity index (χ2v) is 6.74. The van der Waals surface area contributed by atoms with E-state index in [0.717, 1.165) is 18.4 Å². The lowest BCUT2D eigenvalue weighted by atomic mass is 10.1. The fourth-order valence-electron chi connectivity index (χ4n) is 2.78. The molecule has 0 atom stereocenters. The van der Waals surface area contributed by atoms with Gasteiger partial charge in [0.2, 0.25) is 5.95 Å². The van der Waals surface area contributed by atoms with E-state index in [1.165, 1.54) is 10.9 Å². The second kappa shape index (κ2) is 8.47. The van der Waals surface area contributed by atoms with Crippen LogP contribution in [0.1, 0.15) is 36.3 Å². The Bertz CT molecular complexity index is 871. The van der Waals surface area contributed by atoms with Crippen LogP contribution in [0.15, 0.2) is 42.7 Å². The third-order valence-electron chi connectivity index (χ3n) is 4.25. The molecule has 0 aliphatic carbocycles. The average Bonchev–Trinajstić information content (AvgIpc) is 3.05. The number of aromatic amines is 1. The fraction of sp³-hybridized carbons (Fsp3) is 0.350. The van der Waals surface area contributed by atoms with Crippen molar-refractivity contribution in [3.63, 3.8) is 0 Å². The maximum atomic E-state index is 12.2. The van der Waals surface area contributed by atoms with E-state index in [1.54, 1.807) is 12.3 Å². The van der Waals surface area contributed by atoms with Crippen molar-refractivity contribution in [1.82, 2.24) is 20.3 Å². The van der Waals surface area contributed by atoms with Crippen LogP contribution >= 0.6 is 0 Å². The monoisotopic (exact) mass is 351 g/mol. The van der Waals surface area contributed by atoms with Crippen molar-refractivity contribution in [3.05, 3.63) is 54.0 Å². The van der Waals surface area contributed by atoms with Crippen LogP contribution in [-0.4, -0.2) is 33.9 Å². The quantitative estimate of drug-likeness (QED) is 0.581. The van der Waals surface area contributed by atoms with E-state index in [9.17, 15) is 4.79 Å². The molecule has 0 spiro atoms. The number of benzene rings is 1. The highest BCUT2D eigenvalue weighted by molar-refractivity contribution is 5.92. The molecule has 0 aliphatic heterocycles. The molecule has 1 aromatic carbocycles. The van der Waals surface area contributed by atoms with Crippen LogP contribution in [0.5, 0.6) is 0 Å². The van der Waals surface area contributed by atoms with Crippen molar-refractivity contribution < 1.29 is 4.79 Å². The number of rotatable bonds is 8. The lowest BCUT2D eigenvalue weighted by Gasteiger charge is -2.08. The molecule has 3 N–H and O–H groups in total. The fourth-order valence-corrected chi connectivity index (χ4v) is 2.78. The average molecular weight is 351 g/mol. The summed E-state index contributed by atoms with van der Waals surface area (Å²) in [5.41, 5.74) is 2.77. The van der Waals surface area contributed by atoms with Gasteiger partial charge in [0.15, 0.2) is 0 Å². The lowest BCUT2D eigenvalue weighted by molar-refractivity contribution is 0.0947. The standard InChI is InChI=1S/C20H25N5O/c1-14(2)7-10-21-19(26)18-9-12-23-20(25-18)22-11-8-15-13-24-17-6-4-3-5-16(15)17/h3-6,9,12-14,24H,7-8,10-11H2,1-2H3,(H,21,26)(H,22,23,25). The molecule has 0 fully saturated rings. The summed E-state index contributed by atoms with van der Waals surface area (Å²) >= 11 is 0. The molecule has 2 heterocycles. The van der Waals surface area contributed by atoms with Crippen LogP contribution in [0.4, 0.5) is 5.95 Å². The van der Waals surface area contributed by atoms with Gasteiger partial charge in [-0.25, -0.2) is 9.97 Å². The van der Waals surface area contributed by atoms with Gasteiger partial charge >= 0.3 is 0 Å². The van der Waals surface area contributed by atoms with Crippen molar-refractivity contribution in [2.75, 3.05) is 18.4 Å². The molecule has 0 aliphatic rings. The van der Waals surface area contributed by atoms with E-state index in [0.29, 0.717) is 30.6 Å². The number of hydrogen-bond acceptors (Lipinski definition) is 4. The first-order valence-corrected chi connectivity index (χ1v) is 9.03. The summed E-state index contributed by atoms with van der Waals surface area (Å²) in [6.45, 7) is 5.61. The highest BCUT2D eigenvalue weighted by atomic mass is 16.1. The van der Waals surface area contributed by atoms with Crippen molar-refractivity contribution in [2.45, 2.75) is 26.7 Å². The molecule has 6 nitrogen and oxygen atoms in total. The maximum absolute atomic E-state index is 12.2. The molecule has 1 amide bonds. The van der Waals surface area contributed by atoms with E-state index in [-0.39, 0.29) is 5.91 Å². The molecule has 26 heavy (non-hydrogen) atoms. The van der Waals surface area contributed by atoms with E-state index in [2.05, 4.69) is 51.6 Å². The first-order chi connectivity index (χ1) is 12.6. The number of nitrogens with zero attached hydrogens (tertiary/aromatic N) is 2. The lowest BCUT2D eigenvalue weighted by Crippen LogP contribution is -2.26. The Morgan fingerprint density at radius 2 is 2.04 bits per heavy atom. The van der Waals surface area contributed by atoms with Gasteiger partial charge < -0.3 is 15.6 Å². The van der Waals surface area contributed by atoms with Crippen molar-refractivity contribution in [3.8, 4) is 0 Å². The van der Waals surface area contributed by atoms with Gasteiger partial charge in [0.25, 0.3) is 5.91 Å². The molecule has 3 aromatic rings. The summed E-state index contributed by atoms with van der Waals surface area (Å²) in [5, 5.41) is 7.33. The van der Waals surface area contributed by atoms with Gasteiger partial charge in [-0.15, -0.1) is 0 Å². The molecule has 0 bridgehead atoms. The number of aromatic nitrogens is 3. The zero-order valence-corrected chi connectivity index (χ0v) is 15.2. The van der Waals surface area contributed by atoms with E-state index < -0.39 is 0 Å². The summed E-state index contributed by atoms with van der Waals surface area (Å²) in [6, 6.07) is 9.87. The van der Waals surface area contributed by atoms with Crippen LogP contribution < -0.4 is 10.6 Å². The number of carbonyl (C=O) groups excluding carboxylic acids is 1. The van der Waals surface area contributed by atoms with Crippen LogP contribution in [0.2, 0.25) is 0 Å². The first-order valence-electron chi connectivity index (χ1n) is 9.03. The minimum atomic E-state index is -0.160. The number of hydrogen-bond donors (Lipinski definition) is 3. The SMILES string of the molecule is CC(C)CCNC(=O)c1ccnc(NCCc2c[nH]c3ccccc23)n1. The molecule has 0 saturated heterocycles. The van der Waals surface area contributed by atoms with Crippen molar-refractivity contribution in [2.24, 2.45) is 5.92 Å². The summed E-state index contributed by atoms with van der Waals surface area (Å²) < 4.78 is 0. The summed E-state index contributed by atoms with van der Waals surface area (Å²) in [4.78, 5) is 23.9. The molecule has 2 aromatic heterocycles. The van der Waals surface area contributed by atoms with E-state index in [4.69, 9.17) is 0 Å². The molecule has 6 heteroatoms. The highest BCUT2D eigenvalue weighted by Crippen LogP contribution is 2.18. The zero-order chi connectivity index (χ0) is 18.4. The summed E-state index contributed by atoms with van der Waals surface area (Å²) in [5.74, 6) is 0.872. The van der Waals surface area contributed by atoms with Gasteiger partial charge in [0.05, 0.1) is 0 Å². The predicted molar refractivity (Wildman–Crippen MR) is 104 cm³/mol. The Morgan fingerprint density at radius 1 is 1.19 bits per heavy atom. The highest BCUT2D eigenvalue weighted by Gasteiger charge is 2.09. The topological polar surface area (TPSA) is 82.7 Å². The van der Waals surface area contributed by atoms with Crippen LogP contribution in [-0.2, 0) is 6.42 Å². The maximum Gasteiger partial charge on any atom is 0.270 e. The molecular formula is C20H25N5O. The van der Waals surface area contributed by atoms with Gasteiger partial charge in [-0.1, -0.05) is 32.0 Å². The number of anilines is 1.